The van der Waals surface area contributed by atoms with Crippen molar-refractivity contribution in [3.05, 3.63) is 0 Å². The van der Waals surface area contributed by atoms with Crippen molar-refractivity contribution in [3.63, 3.8) is 0 Å². The number of hydrogen-bond acceptors (Lipinski definition) is 5. The molecule has 1 amide bonds. The monoisotopic (exact) mass is 417 g/mol. The largest absolute Gasteiger partial charge is 0.411 e. The van der Waals surface area contributed by atoms with Gasteiger partial charge in [0.1, 0.15) is 6.61 Å². The van der Waals surface area contributed by atoms with Gasteiger partial charge in [0.15, 0.2) is 0 Å². The molecule has 2 rings (SSSR count). The van der Waals surface area contributed by atoms with Crippen LogP contribution >= 0.6 is 12.4 Å². The van der Waals surface area contributed by atoms with E-state index >= 15 is 0 Å². The van der Waals surface area contributed by atoms with Gasteiger partial charge in [0.2, 0.25) is 5.91 Å². The molecule has 10 heteroatoms. The fraction of sp³-hybridized carbons (Fsp3) is 0.941. The van der Waals surface area contributed by atoms with Crippen LogP contribution in [0.3, 0.4) is 0 Å². The first-order valence-corrected chi connectivity index (χ1v) is 9.22. The Morgan fingerprint density at radius 1 is 1.15 bits per heavy atom. The number of halogens is 4. The van der Waals surface area contributed by atoms with Crippen LogP contribution in [0.25, 0.3) is 0 Å². The van der Waals surface area contributed by atoms with E-state index in [0.717, 1.165) is 39.0 Å². The van der Waals surface area contributed by atoms with Crippen molar-refractivity contribution >= 4 is 18.3 Å². The maximum Gasteiger partial charge on any atom is 0.411 e. The third kappa shape index (κ3) is 7.73. The molecule has 0 atom stereocenters. The number of piperidine rings is 1. The Labute approximate surface area is 165 Å². The maximum absolute atomic E-state index is 13.0. The molecule has 0 bridgehead atoms. The average Bonchev–Trinajstić information content (AvgIpc) is 2.61. The number of hydrogen-bond donors (Lipinski definition) is 1. The number of nitrogens with one attached hydrogen (secondary N) is 1. The van der Waals surface area contributed by atoms with Crippen molar-refractivity contribution in [1.82, 2.24) is 15.1 Å². The first kappa shape index (κ1) is 24.4. The zero-order valence-electron chi connectivity index (χ0n) is 15.9. The van der Waals surface area contributed by atoms with Crippen molar-refractivity contribution in [2.75, 3.05) is 72.7 Å². The number of carbonyl (C=O) groups excluding carboxylic acids is 1. The van der Waals surface area contributed by atoms with Gasteiger partial charge in [-0.15, -0.1) is 12.4 Å². The highest BCUT2D eigenvalue weighted by atomic mass is 35.5. The predicted molar refractivity (Wildman–Crippen MR) is 98.2 cm³/mol. The van der Waals surface area contributed by atoms with Crippen LogP contribution in [0.5, 0.6) is 0 Å². The molecule has 1 N–H and O–H groups in total. The summed E-state index contributed by atoms with van der Waals surface area (Å²) < 4.78 is 46.0. The minimum absolute atomic E-state index is 0. The second-order valence-electron chi connectivity index (χ2n) is 7.12. The molecule has 2 aliphatic heterocycles. The molecule has 0 radical (unpaired) electrons. The molecule has 2 fully saturated rings. The van der Waals surface area contributed by atoms with Crippen molar-refractivity contribution in [2.24, 2.45) is 5.41 Å². The van der Waals surface area contributed by atoms with Gasteiger partial charge in [-0.2, -0.15) is 13.2 Å². The molecule has 0 unspecified atom stereocenters. The van der Waals surface area contributed by atoms with E-state index in [4.69, 9.17) is 4.74 Å². The minimum atomic E-state index is -4.27. The molecule has 0 aliphatic carbocycles. The minimum Gasteiger partial charge on any atom is -0.384 e. The van der Waals surface area contributed by atoms with E-state index in [-0.39, 0.29) is 24.9 Å². The van der Waals surface area contributed by atoms with Gasteiger partial charge >= 0.3 is 6.18 Å². The topological polar surface area (TPSA) is 54.0 Å². The Balaban J connectivity index is 0.00000364. The fourth-order valence-electron chi connectivity index (χ4n) is 3.69. The molecule has 0 aromatic heterocycles. The molecular weight excluding hydrogens is 387 g/mol. The van der Waals surface area contributed by atoms with Crippen LogP contribution in [0, 0.1) is 5.41 Å². The Hall–Kier alpha value is -0.610. The quantitative estimate of drug-likeness (QED) is 0.607. The van der Waals surface area contributed by atoms with Crippen molar-refractivity contribution in [2.45, 2.75) is 25.4 Å². The lowest BCUT2D eigenvalue weighted by molar-refractivity contribution is -0.174. The summed E-state index contributed by atoms with van der Waals surface area (Å²) >= 11 is 0. The maximum atomic E-state index is 13.0. The van der Waals surface area contributed by atoms with Gasteiger partial charge in [-0.05, 0) is 32.4 Å². The van der Waals surface area contributed by atoms with Crippen LogP contribution in [-0.4, -0.2) is 94.6 Å². The summed E-state index contributed by atoms with van der Waals surface area (Å²) in [4.78, 5) is 17.1. The Morgan fingerprint density at radius 2 is 1.78 bits per heavy atom. The number of methoxy groups -OCH3 is 1. The van der Waals surface area contributed by atoms with Gasteiger partial charge in [-0.25, -0.2) is 0 Å². The first-order chi connectivity index (χ1) is 12.4. The summed E-state index contributed by atoms with van der Waals surface area (Å²) in [6.45, 7) is 4.49. The molecule has 0 saturated carbocycles. The summed E-state index contributed by atoms with van der Waals surface area (Å²) in [5, 5.41) is 3.29. The first-order valence-electron chi connectivity index (χ1n) is 9.22. The molecule has 0 aromatic rings. The Bertz CT molecular complexity index is 435. The number of piperazine rings is 1. The molecule has 0 spiro atoms. The van der Waals surface area contributed by atoms with E-state index in [1.165, 1.54) is 0 Å². The van der Waals surface area contributed by atoms with Gasteiger partial charge in [-0.1, -0.05) is 0 Å². The van der Waals surface area contributed by atoms with E-state index in [0.29, 0.717) is 32.7 Å². The normalized spacial score (nSPS) is 21.0. The van der Waals surface area contributed by atoms with E-state index < -0.39 is 18.2 Å². The summed E-state index contributed by atoms with van der Waals surface area (Å²) in [5.41, 5.74) is -0.423. The molecule has 2 saturated heterocycles. The number of ether oxygens (including phenoxy) is 2. The third-order valence-electron chi connectivity index (χ3n) is 5.12. The molecular formula is C17H31ClF3N3O3. The second kappa shape index (κ2) is 11.4. The number of alkyl halides is 3. The van der Waals surface area contributed by atoms with Crippen LogP contribution in [0.15, 0.2) is 0 Å². The lowest BCUT2D eigenvalue weighted by atomic mass is 9.78. The van der Waals surface area contributed by atoms with Gasteiger partial charge in [0.05, 0.1) is 12.0 Å². The van der Waals surface area contributed by atoms with Crippen LogP contribution < -0.4 is 5.32 Å². The molecule has 160 valence electrons. The summed E-state index contributed by atoms with van der Waals surface area (Å²) in [6.07, 6.45) is -2.13. The lowest BCUT2D eigenvalue weighted by Gasteiger charge is -2.42. The highest BCUT2D eigenvalue weighted by molar-refractivity contribution is 5.85. The van der Waals surface area contributed by atoms with Crippen LogP contribution in [0.4, 0.5) is 13.2 Å². The van der Waals surface area contributed by atoms with Gasteiger partial charge in [0, 0.05) is 46.4 Å². The van der Waals surface area contributed by atoms with Crippen molar-refractivity contribution < 1.29 is 27.4 Å². The smallest absolute Gasteiger partial charge is 0.384 e. The lowest BCUT2D eigenvalue weighted by Crippen LogP contribution is -2.56. The predicted octanol–water partition coefficient (Wildman–Crippen LogP) is 1.54. The number of carbonyl (C=O) groups is 1. The third-order valence-corrected chi connectivity index (χ3v) is 5.12. The average molecular weight is 418 g/mol. The van der Waals surface area contributed by atoms with Gasteiger partial charge in [-0.3, -0.25) is 9.69 Å². The van der Waals surface area contributed by atoms with E-state index in [1.807, 2.05) is 4.90 Å². The summed E-state index contributed by atoms with van der Waals surface area (Å²) in [7, 11) is 1.63. The molecule has 0 aromatic carbocycles. The van der Waals surface area contributed by atoms with Crippen molar-refractivity contribution in [3.8, 4) is 0 Å². The zero-order chi connectivity index (χ0) is 19.0. The highest BCUT2D eigenvalue weighted by Crippen LogP contribution is 2.32. The molecule has 2 aliphatic rings. The zero-order valence-corrected chi connectivity index (χ0v) is 16.7. The van der Waals surface area contributed by atoms with Crippen LogP contribution in [0.2, 0.25) is 0 Å². The SMILES string of the molecule is COCC1(C(=O)N2CCN(CCCOCC(F)(F)F)CC2)CCNCC1.Cl. The molecule has 6 nitrogen and oxygen atoms in total. The molecule has 2 heterocycles. The molecule has 27 heavy (non-hydrogen) atoms. The number of rotatable bonds is 8. The summed E-state index contributed by atoms with van der Waals surface area (Å²) in [5.74, 6) is 0.175. The fourth-order valence-corrected chi connectivity index (χ4v) is 3.69. The van der Waals surface area contributed by atoms with Crippen molar-refractivity contribution in [1.29, 1.82) is 0 Å². The Morgan fingerprint density at radius 3 is 2.33 bits per heavy atom. The van der Waals surface area contributed by atoms with E-state index in [9.17, 15) is 18.0 Å². The summed E-state index contributed by atoms with van der Waals surface area (Å²) in [6, 6.07) is 0. The van der Waals surface area contributed by atoms with Gasteiger partial charge < -0.3 is 19.7 Å². The standard InChI is InChI=1S/C17H30F3N3O3.ClH/c1-25-13-16(3-5-21-6-4-16)15(24)23-10-8-22(9-11-23)7-2-12-26-14-17(18,19)20;/h21H,2-14H2,1H3;1H. The second-order valence-corrected chi connectivity index (χ2v) is 7.12. The number of amides is 1. The highest BCUT2D eigenvalue weighted by Gasteiger charge is 2.42. The number of nitrogens with zero attached hydrogens (tertiary/aromatic N) is 2. The van der Waals surface area contributed by atoms with E-state index in [2.05, 4.69) is 15.0 Å². The van der Waals surface area contributed by atoms with Crippen LogP contribution in [-0.2, 0) is 14.3 Å². The van der Waals surface area contributed by atoms with Gasteiger partial charge in [0.25, 0.3) is 0 Å². The Kier molecular flexibility index (Phi) is 10.3. The van der Waals surface area contributed by atoms with Crippen LogP contribution in [0.1, 0.15) is 19.3 Å². The van der Waals surface area contributed by atoms with E-state index in [1.54, 1.807) is 7.11 Å².